The lowest BCUT2D eigenvalue weighted by molar-refractivity contribution is 0.469. The highest BCUT2D eigenvalue weighted by Gasteiger charge is 2.07. The van der Waals surface area contributed by atoms with Crippen molar-refractivity contribution in [2.45, 2.75) is 6.54 Å². The third-order valence-corrected chi connectivity index (χ3v) is 3.44. The topological polar surface area (TPSA) is 56.0 Å². The number of hydrogen-bond donors (Lipinski definition) is 2. The Balaban J connectivity index is 2.21. The van der Waals surface area contributed by atoms with E-state index in [1.807, 2.05) is 6.07 Å². The quantitative estimate of drug-likeness (QED) is 0.878. The molecule has 0 radical (unpaired) electrons. The Morgan fingerprint density at radius 2 is 2.11 bits per heavy atom. The largest absolute Gasteiger partial charge is 0.506 e. The van der Waals surface area contributed by atoms with E-state index < -0.39 is 0 Å². The van der Waals surface area contributed by atoms with Gasteiger partial charge in [0, 0.05) is 16.6 Å². The van der Waals surface area contributed by atoms with Crippen molar-refractivity contribution in [3.63, 3.8) is 0 Å². The van der Waals surface area contributed by atoms with Gasteiger partial charge < -0.3 is 10.4 Å². The molecule has 0 fully saturated rings. The molecule has 0 saturated heterocycles. The maximum absolute atomic E-state index is 9.81. The Hall–Kier alpha value is -1.70. The third kappa shape index (κ3) is 3.19. The van der Waals surface area contributed by atoms with Crippen molar-refractivity contribution >= 4 is 33.2 Å². The van der Waals surface area contributed by atoms with Crippen LogP contribution in [0, 0.1) is 11.3 Å². The van der Waals surface area contributed by atoms with Crippen molar-refractivity contribution < 1.29 is 5.11 Å². The third-order valence-electron chi connectivity index (χ3n) is 2.64. The first-order valence-corrected chi connectivity index (χ1v) is 6.69. The molecule has 0 spiro atoms. The number of para-hydroxylation sites is 1. The van der Waals surface area contributed by atoms with Gasteiger partial charge in [-0.25, -0.2) is 0 Å². The number of rotatable bonds is 3. The zero-order valence-electron chi connectivity index (χ0n) is 9.82. The molecule has 96 valence electrons. The van der Waals surface area contributed by atoms with Gasteiger partial charge in [-0.3, -0.25) is 0 Å². The van der Waals surface area contributed by atoms with Crippen LogP contribution in [-0.2, 0) is 6.54 Å². The molecular weight excluding hydrogens is 328 g/mol. The van der Waals surface area contributed by atoms with Crippen LogP contribution in [0.5, 0.6) is 5.75 Å². The van der Waals surface area contributed by atoms with Crippen molar-refractivity contribution in [2.24, 2.45) is 0 Å². The minimum atomic E-state index is 0.0603. The lowest BCUT2D eigenvalue weighted by atomic mass is 10.1. The average Bonchev–Trinajstić information content (AvgIpc) is 2.40. The number of nitrogens with zero attached hydrogens (tertiary/aromatic N) is 1. The Morgan fingerprint density at radius 1 is 1.32 bits per heavy atom. The Kier molecular flexibility index (Phi) is 4.31. The second-order valence-electron chi connectivity index (χ2n) is 3.90. The first-order chi connectivity index (χ1) is 9.11. The molecule has 0 aliphatic rings. The van der Waals surface area contributed by atoms with Gasteiger partial charge in [-0.2, -0.15) is 5.26 Å². The van der Waals surface area contributed by atoms with Gasteiger partial charge in [-0.1, -0.05) is 39.7 Å². The molecule has 0 bridgehead atoms. The molecule has 0 aliphatic heterocycles. The summed E-state index contributed by atoms with van der Waals surface area (Å²) >= 11 is 9.20. The fourth-order valence-electron chi connectivity index (χ4n) is 1.65. The number of benzene rings is 2. The summed E-state index contributed by atoms with van der Waals surface area (Å²) in [5, 5.41) is 22.3. The molecule has 3 nitrogen and oxygen atoms in total. The number of aromatic hydroxyl groups is 1. The number of anilines is 1. The lowest BCUT2D eigenvalue weighted by Gasteiger charge is -2.10. The molecule has 0 amide bonds. The monoisotopic (exact) mass is 336 g/mol. The summed E-state index contributed by atoms with van der Waals surface area (Å²) in [5.74, 6) is 0.0603. The van der Waals surface area contributed by atoms with E-state index in [2.05, 4.69) is 27.3 Å². The van der Waals surface area contributed by atoms with E-state index in [9.17, 15) is 5.11 Å². The molecule has 5 heteroatoms. The van der Waals surface area contributed by atoms with Crippen LogP contribution >= 0.6 is 27.5 Å². The van der Waals surface area contributed by atoms with Gasteiger partial charge in [0.2, 0.25) is 0 Å². The molecule has 2 aromatic rings. The van der Waals surface area contributed by atoms with Gasteiger partial charge in [0.1, 0.15) is 11.8 Å². The fourth-order valence-corrected chi connectivity index (χ4v) is 2.21. The Morgan fingerprint density at radius 3 is 2.84 bits per heavy atom. The van der Waals surface area contributed by atoms with Crippen LogP contribution in [0.2, 0.25) is 5.02 Å². The first kappa shape index (κ1) is 13.7. The second-order valence-corrected chi connectivity index (χ2v) is 5.23. The van der Waals surface area contributed by atoms with Crippen molar-refractivity contribution in [3.05, 3.63) is 57.0 Å². The van der Waals surface area contributed by atoms with E-state index in [0.717, 1.165) is 4.47 Å². The summed E-state index contributed by atoms with van der Waals surface area (Å²) in [6.45, 7) is 0.386. The van der Waals surface area contributed by atoms with Gasteiger partial charge in [0.05, 0.1) is 16.3 Å². The van der Waals surface area contributed by atoms with E-state index in [1.165, 1.54) is 0 Å². The van der Waals surface area contributed by atoms with Crippen LogP contribution in [0.3, 0.4) is 0 Å². The minimum absolute atomic E-state index is 0.0603. The van der Waals surface area contributed by atoms with Gasteiger partial charge in [0.25, 0.3) is 0 Å². The van der Waals surface area contributed by atoms with Crippen LogP contribution in [0.15, 0.2) is 40.9 Å². The lowest BCUT2D eigenvalue weighted by Crippen LogP contribution is -2.01. The number of phenols is 1. The summed E-state index contributed by atoms with van der Waals surface area (Å²) in [6.07, 6.45) is 0. The molecule has 19 heavy (non-hydrogen) atoms. The zero-order chi connectivity index (χ0) is 13.8. The van der Waals surface area contributed by atoms with Crippen molar-refractivity contribution in [3.8, 4) is 11.8 Å². The van der Waals surface area contributed by atoms with Crippen LogP contribution in [-0.4, -0.2) is 5.11 Å². The highest BCUT2D eigenvalue weighted by Crippen LogP contribution is 2.28. The normalized spacial score (nSPS) is 9.95. The van der Waals surface area contributed by atoms with Crippen LogP contribution in [0.4, 0.5) is 5.69 Å². The average molecular weight is 338 g/mol. The summed E-state index contributed by atoms with van der Waals surface area (Å²) in [5.41, 5.74) is 1.93. The standard InChI is InChI=1S/C14H10BrClN2O/c15-11-5-4-9(7-17)13(6-11)18-8-10-2-1-3-12(16)14(10)19/h1-6,18-19H,8H2. The van der Waals surface area contributed by atoms with Gasteiger partial charge in [-0.15, -0.1) is 0 Å². The predicted molar refractivity (Wildman–Crippen MR) is 79.3 cm³/mol. The van der Waals surface area contributed by atoms with Crippen molar-refractivity contribution in [1.82, 2.24) is 0 Å². The number of nitrogens with one attached hydrogen (secondary N) is 1. The molecular formula is C14H10BrClN2O. The highest BCUT2D eigenvalue weighted by atomic mass is 79.9. The summed E-state index contributed by atoms with van der Waals surface area (Å²) < 4.78 is 0.879. The highest BCUT2D eigenvalue weighted by molar-refractivity contribution is 9.10. The molecule has 0 atom stereocenters. The van der Waals surface area contributed by atoms with E-state index >= 15 is 0 Å². The number of nitriles is 1. The number of hydrogen-bond acceptors (Lipinski definition) is 3. The van der Waals surface area contributed by atoms with Crippen molar-refractivity contribution in [2.75, 3.05) is 5.32 Å². The van der Waals surface area contributed by atoms with Crippen LogP contribution < -0.4 is 5.32 Å². The summed E-state index contributed by atoms with van der Waals surface area (Å²) in [7, 11) is 0. The van der Waals surface area contributed by atoms with Gasteiger partial charge >= 0.3 is 0 Å². The SMILES string of the molecule is N#Cc1ccc(Br)cc1NCc1cccc(Cl)c1O. The number of halogens is 2. The van der Waals surface area contributed by atoms with E-state index in [0.29, 0.717) is 28.4 Å². The van der Waals surface area contributed by atoms with E-state index in [1.54, 1.807) is 30.3 Å². The maximum Gasteiger partial charge on any atom is 0.139 e. The Labute approximate surface area is 124 Å². The molecule has 0 aliphatic carbocycles. The molecule has 0 unspecified atom stereocenters. The maximum atomic E-state index is 9.81. The van der Waals surface area contributed by atoms with Crippen LogP contribution in [0.1, 0.15) is 11.1 Å². The van der Waals surface area contributed by atoms with Crippen molar-refractivity contribution in [1.29, 1.82) is 5.26 Å². The molecule has 0 heterocycles. The van der Waals surface area contributed by atoms with Crippen LogP contribution in [0.25, 0.3) is 0 Å². The van der Waals surface area contributed by atoms with Gasteiger partial charge in [0.15, 0.2) is 0 Å². The summed E-state index contributed by atoms with van der Waals surface area (Å²) in [6, 6.07) is 12.6. The summed E-state index contributed by atoms with van der Waals surface area (Å²) in [4.78, 5) is 0. The minimum Gasteiger partial charge on any atom is -0.506 e. The fraction of sp³-hybridized carbons (Fsp3) is 0.0714. The van der Waals surface area contributed by atoms with E-state index in [-0.39, 0.29) is 5.75 Å². The zero-order valence-corrected chi connectivity index (χ0v) is 12.2. The number of phenolic OH excluding ortho intramolecular Hbond substituents is 1. The van der Waals surface area contributed by atoms with E-state index in [4.69, 9.17) is 16.9 Å². The van der Waals surface area contributed by atoms with Gasteiger partial charge in [-0.05, 0) is 24.3 Å². The molecule has 0 aromatic heterocycles. The molecule has 2 rings (SSSR count). The Bertz CT molecular complexity index is 652. The molecule has 2 N–H and O–H groups in total. The predicted octanol–water partition coefficient (Wildman–Crippen LogP) is 4.29. The first-order valence-electron chi connectivity index (χ1n) is 5.51. The molecule has 0 saturated carbocycles. The smallest absolute Gasteiger partial charge is 0.139 e. The second kappa shape index (κ2) is 5.96. The molecule has 2 aromatic carbocycles.